The minimum absolute atomic E-state index is 0.214. The Morgan fingerprint density at radius 3 is 2.25 bits per heavy atom. The lowest BCUT2D eigenvalue weighted by Crippen LogP contribution is -2.15. The first-order chi connectivity index (χ1) is 7.80. The van der Waals surface area contributed by atoms with Gasteiger partial charge in [-0.05, 0) is 24.6 Å². The monoisotopic (exact) mass is 350 g/mol. The first kappa shape index (κ1) is 14.0. The van der Waals surface area contributed by atoms with E-state index < -0.39 is 0 Å². The van der Waals surface area contributed by atoms with Crippen LogP contribution in [0.25, 0.3) is 0 Å². The van der Waals surface area contributed by atoms with E-state index in [0.29, 0.717) is 13.2 Å². The maximum absolute atomic E-state index is 5.69. The van der Waals surface area contributed by atoms with Gasteiger partial charge in [0.1, 0.15) is 5.75 Å². The lowest BCUT2D eigenvalue weighted by Gasteiger charge is -2.12. The molecule has 0 aliphatic carbocycles. The minimum Gasteiger partial charge on any atom is -0.494 e. The van der Waals surface area contributed by atoms with Gasteiger partial charge in [0.25, 0.3) is 0 Å². The second-order valence-corrected chi connectivity index (χ2v) is 4.61. The third kappa shape index (κ3) is 4.85. The third-order valence-electron chi connectivity index (χ3n) is 2.06. The number of alkyl halides is 2. The molecule has 0 heterocycles. The van der Waals surface area contributed by atoms with E-state index >= 15 is 0 Å². The molecule has 16 heavy (non-hydrogen) atoms. The summed E-state index contributed by atoms with van der Waals surface area (Å²) in [6.45, 7) is 3.31. The van der Waals surface area contributed by atoms with E-state index in [1.807, 2.05) is 31.2 Å². The molecule has 2 nitrogen and oxygen atoms in total. The quantitative estimate of drug-likeness (QED) is 0.696. The summed E-state index contributed by atoms with van der Waals surface area (Å²) in [4.78, 5) is 0. The van der Waals surface area contributed by atoms with Gasteiger partial charge >= 0.3 is 0 Å². The van der Waals surface area contributed by atoms with Crippen molar-refractivity contribution in [2.24, 2.45) is 0 Å². The topological polar surface area (TPSA) is 18.5 Å². The van der Waals surface area contributed by atoms with Gasteiger partial charge in [-0.3, -0.25) is 0 Å². The van der Waals surface area contributed by atoms with E-state index in [9.17, 15) is 0 Å². The molecule has 0 aromatic heterocycles. The molecule has 0 radical (unpaired) electrons. The Bertz CT molecular complexity index is 284. The van der Waals surface area contributed by atoms with Gasteiger partial charge in [0.15, 0.2) is 0 Å². The van der Waals surface area contributed by atoms with Gasteiger partial charge in [0.05, 0.1) is 19.3 Å². The Hall–Kier alpha value is -0.0600. The molecule has 0 saturated heterocycles. The highest BCUT2D eigenvalue weighted by Gasteiger charge is 2.05. The van der Waals surface area contributed by atoms with Gasteiger partial charge in [0, 0.05) is 10.7 Å². The Balaban J connectivity index is 2.42. The average Bonchev–Trinajstić information content (AvgIpc) is 2.33. The molecule has 0 aliphatic rings. The molecule has 1 aromatic carbocycles. The summed E-state index contributed by atoms with van der Waals surface area (Å²) in [5.41, 5.74) is 1.16. The SMILES string of the molecule is CCOc1ccc(COC(CBr)CBr)cc1. The molecule has 0 atom stereocenters. The first-order valence-corrected chi connectivity index (χ1v) is 7.49. The lowest BCUT2D eigenvalue weighted by molar-refractivity contribution is 0.0733. The number of hydrogen-bond acceptors (Lipinski definition) is 2. The number of benzene rings is 1. The predicted molar refractivity (Wildman–Crippen MR) is 73.8 cm³/mol. The zero-order valence-corrected chi connectivity index (χ0v) is 12.5. The van der Waals surface area contributed by atoms with Crippen molar-refractivity contribution in [3.63, 3.8) is 0 Å². The maximum atomic E-state index is 5.69. The molecule has 0 spiro atoms. The number of rotatable bonds is 7. The fourth-order valence-corrected chi connectivity index (χ4v) is 2.64. The van der Waals surface area contributed by atoms with Crippen molar-refractivity contribution in [3.8, 4) is 5.75 Å². The Labute approximate surface area is 114 Å². The standard InChI is InChI=1S/C12H16Br2O2/c1-2-15-11-5-3-10(4-6-11)9-16-12(7-13)8-14/h3-6,12H,2,7-9H2,1H3. The molecular formula is C12H16Br2O2. The Morgan fingerprint density at radius 1 is 1.12 bits per heavy atom. The average molecular weight is 352 g/mol. The van der Waals surface area contributed by atoms with E-state index in [0.717, 1.165) is 22.0 Å². The highest BCUT2D eigenvalue weighted by molar-refractivity contribution is 9.09. The van der Waals surface area contributed by atoms with Crippen LogP contribution in [0.5, 0.6) is 5.75 Å². The smallest absolute Gasteiger partial charge is 0.119 e. The van der Waals surface area contributed by atoms with Crippen LogP contribution in [0.1, 0.15) is 12.5 Å². The van der Waals surface area contributed by atoms with Crippen LogP contribution in [0.15, 0.2) is 24.3 Å². The normalized spacial score (nSPS) is 10.8. The van der Waals surface area contributed by atoms with Crippen LogP contribution in [0.4, 0.5) is 0 Å². The van der Waals surface area contributed by atoms with E-state index in [-0.39, 0.29) is 6.10 Å². The van der Waals surface area contributed by atoms with Crippen molar-refractivity contribution < 1.29 is 9.47 Å². The second kappa shape index (κ2) is 8.09. The predicted octanol–water partition coefficient (Wildman–Crippen LogP) is 3.76. The zero-order chi connectivity index (χ0) is 11.8. The fraction of sp³-hybridized carbons (Fsp3) is 0.500. The molecule has 0 N–H and O–H groups in total. The highest BCUT2D eigenvalue weighted by Crippen LogP contribution is 2.14. The summed E-state index contributed by atoms with van der Waals surface area (Å²) in [7, 11) is 0. The Morgan fingerprint density at radius 2 is 1.75 bits per heavy atom. The maximum Gasteiger partial charge on any atom is 0.119 e. The fourth-order valence-electron chi connectivity index (χ4n) is 1.19. The van der Waals surface area contributed by atoms with Crippen molar-refractivity contribution >= 4 is 31.9 Å². The van der Waals surface area contributed by atoms with Crippen molar-refractivity contribution in [3.05, 3.63) is 29.8 Å². The molecule has 0 bridgehead atoms. The zero-order valence-electron chi connectivity index (χ0n) is 9.29. The van der Waals surface area contributed by atoms with Gasteiger partial charge in [-0.25, -0.2) is 0 Å². The van der Waals surface area contributed by atoms with Gasteiger partial charge in [-0.2, -0.15) is 0 Å². The number of hydrogen-bond donors (Lipinski definition) is 0. The Kier molecular flexibility index (Phi) is 7.08. The van der Waals surface area contributed by atoms with Gasteiger partial charge in [-0.1, -0.05) is 44.0 Å². The highest BCUT2D eigenvalue weighted by atomic mass is 79.9. The van der Waals surface area contributed by atoms with E-state index in [1.54, 1.807) is 0 Å². The molecular weight excluding hydrogens is 336 g/mol. The van der Waals surface area contributed by atoms with Crippen LogP contribution in [-0.4, -0.2) is 23.4 Å². The summed E-state index contributed by atoms with van der Waals surface area (Å²) in [6.07, 6.45) is 0.214. The molecule has 0 unspecified atom stereocenters. The van der Waals surface area contributed by atoms with Crippen molar-refractivity contribution in [1.82, 2.24) is 0 Å². The summed E-state index contributed by atoms with van der Waals surface area (Å²) in [6, 6.07) is 8.01. The second-order valence-electron chi connectivity index (χ2n) is 3.32. The van der Waals surface area contributed by atoms with Crippen LogP contribution in [-0.2, 0) is 11.3 Å². The van der Waals surface area contributed by atoms with Crippen LogP contribution in [0, 0.1) is 0 Å². The lowest BCUT2D eigenvalue weighted by atomic mass is 10.2. The van der Waals surface area contributed by atoms with E-state index in [1.165, 1.54) is 0 Å². The molecule has 0 aliphatic heterocycles. The molecule has 0 fully saturated rings. The molecule has 0 saturated carbocycles. The summed E-state index contributed by atoms with van der Waals surface area (Å²) >= 11 is 6.81. The molecule has 0 amide bonds. The van der Waals surface area contributed by atoms with Crippen LogP contribution < -0.4 is 4.74 Å². The number of halogens is 2. The van der Waals surface area contributed by atoms with E-state index in [2.05, 4.69) is 31.9 Å². The minimum atomic E-state index is 0.214. The van der Waals surface area contributed by atoms with E-state index in [4.69, 9.17) is 9.47 Å². The van der Waals surface area contributed by atoms with Crippen LogP contribution in [0.3, 0.4) is 0 Å². The van der Waals surface area contributed by atoms with Gasteiger partial charge in [0.2, 0.25) is 0 Å². The third-order valence-corrected chi connectivity index (χ3v) is 3.51. The molecule has 1 rings (SSSR count). The number of ether oxygens (including phenoxy) is 2. The first-order valence-electron chi connectivity index (χ1n) is 5.25. The van der Waals surface area contributed by atoms with Crippen molar-refractivity contribution in [2.75, 3.05) is 17.3 Å². The summed E-state index contributed by atoms with van der Waals surface area (Å²) < 4.78 is 11.1. The molecule has 1 aromatic rings. The van der Waals surface area contributed by atoms with Gasteiger partial charge in [-0.15, -0.1) is 0 Å². The van der Waals surface area contributed by atoms with Crippen molar-refractivity contribution in [1.29, 1.82) is 0 Å². The molecule has 90 valence electrons. The largest absolute Gasteiger partial charge is 0.494 e. The van der Waals surface area contributed by atoms with Gasteiger partial charge < -0.3 is 9.47 Å². The van der Waals surface area contributed by atoms with Crippen LogP contribution >= 0.6 is 31.9 Å². The van der Waals surface area contributed by atoms with Crippen LogP contribution in [0.2, 0.25) is 0 Å². The van der Waals surface area contributed by atoms with Crippen molar-refractivity contribution in [2.45, 2.75) is 19.6 Å². The summed E-state index contributed by atoms with van der Waals surface area (Å²) in [5.74, 6) is 0.906. The molecule has 4 heteroatoms. The summed E-state index contributed by atoms with van der Waals surface area (Å²) in [5, 5.41) is 1.69.